The van der Waals surface area contributed by atoms with Crippen LogP contribution in [-0.2, 0) is 6.61 Å². The Kier molecular flexibility index (Phi) is 4.16. The van der Waals surface area contributed by atoms with Crippen LogP contribution in [0.15, 0.2) is 28.8 Å². The number of nitrogens with zero attached hydrogens (tertiary/aromatic N) is 2. The number of aliphatic hydroxyl groups is 1. The molecule has 0 aliphatic heterocycles. The smallest absolute Gasteiger partial charge is 0.229 e. The molecule has 0 saturated carbocycles. The molecule has 0 bridgehead atoms. The number of rotatable bonds is 5. The summed E-state index contributed by atoms with van der Waals surface area (Å²) < 4.78 is 10.7. The predicted octanol–water partition coefficient (Wildman–Crippen LogP) is 2.83. The van der Waals surface area contributed by atoms with Crippen molar-refractivity contribution in [3.05, 3.63) is 41.5 Å². The molecule has 2 aromatic rings. The lowest BCUT2D eigenvalue weighted by atomic mass is 10.1. The first-order valence-electron chi connectivity index (χ1n) is 6.30. The molecule has 1 aromatic carbocycles. The lowest BCUT2D eigenvalue weighted by molar-refractivity contribution is 0.189. The maximum Gasteiger partial charge on any atom is 0.229 e. The van der Waals surface area contributed by atoms with Crippen LogP contribution in [0.1, 0.15) is 50.1 Å². The average molecular weight is 262 g/mol. The minimum atomic E-state index is -0.576. The molecule has 5 heteroatoms. The van der Waals surface area contributed by atoms with Crippen molar-refractivity contribution in [2.45, 2.75) is 39.4 Å². The summed E-state index contributed by atoms with van der Waals surface area (Å²) in [5.74, 6) is 1.94. The van der Waals surface area contributed by atoms with Gasteiger partial charge in [0, 0.05) is 11.5 Å². The van der Waals surface area contributed by atoms with Gasteiger partial charge >= 0.3 is 0 Å². The van der Waals surface area contributed by atoms with Gasteiger partial charge in [-0.15, -0.1) is 0 Å². The van der Waals surface area contributed by atoms with E-state index in [0.29, 0.717) is 17.5 Å². The molecular formula is C14H18N2O3. The van der Waals surface area contributed by atoms with Crippen molar-refractivity contribution in [2.75, 3.05) is 0 Å². The van der Waals surface area contributed by atoms with E-state index >= 15 is 0 Å². The largest absolute Gasteiger partial charge is 0.485 e. The fourth-order valence-electron chi connectivity index (χ4n) is 1.66. The van der Waals surface area contributed by atoms with Gasteiger partial charge in [-0.25, -0.2) is 0 Å². The molecule has 0 radical (unpaired) electrons. The second kappa shape index (κ2) is 5.84. The van der Waals surface area contributed by atoms with Gasteiger partial charge in [0.1, 0.15) is 5.75 Å². The van der Waals surface area contributed by atoms with Gasteiger partial charge in [-0.2, -0.15) is 4.98 Å². The van der Waals surface area contributed by atoms with Crippen LogP contribution in [0.5, 0.6) is 5.75 Å². The van der Waals surface area contributed by atoms with Crippen LogP contribution < -0.4 is 4.74 Å². The number of benzene rings is 1. The Balaban J connectivity index is 2.06. The second-order valence-corrected chi connectivity index (χ2v) is 4.71. The molecule has 1 heterocycles. The van der Waals surface area contributed by atoms with Gasteiger partial charge < -0.3 is 14.4 Å². The third-order valence-corrected chi connectivity index (χ3v) is 2.70. The molecule has 19 heavy (non-hydrogen) atoms. The first kappa shape index (κ1) is 13.5. The summed E-state index contributed by atoms with van der Waals surface area (Å²) >= 11 is 0. The van der Waals surface area contributed by atoms with E-state index in [1.165, 1.54) is 0 Å². The van der Waals surface area contributed by atoms with Crippen LogP contribution in [0.3, 0.4) is 0 Å². The van der Waals surface area contributed by atoms with Crippen molar-refractivity contribution >= 4 is 0 Å². The summed E-state index contributed by atoms with van der Waals surface area (Å²) in [6.45, 7) is 5.90. The standard InChI is InChI=1S/C14H18N2O3/c1-9(2)14-15-13(16-19-14)8-18-12-7-5-4-6-11(12)10(3)17/h4-7,9-10,17H,8H2,1-3H3/t10-/m0/s1. The Labute approximate surface area is 112 Å². The maximum absolute atomic E-state index is 9.65. The van der Waals surface area contributed by atoms with E-state index in [1.54, 1.807) is 6.92 Å². The molecule has 0 unspecified atom stereocenters. The molecule has 102 valence electrons. The van der Waals surface area contributed by atoms with E-state index in [9.17, 15) is 5.11 Å². The van der Waals surface area contributed by atoms with Crippen molar-refractivity contribution in [1.82, 2.24) is 10.1 Å². The summed E-state index contributed by atoms with van der Waals surface area (Å²) in [6.07, 6.45) is -0.576. The first-order chi connectivity index (χ1) is 9.08. The van der Waals surface area contributed by atoms with Crippen molar-refractivity contribution < 1.29 is 14.4 Å². The normalized spacial score (nSPS) is 12.7. The molecule has 0 spiro atoms. The molecule has 0 aliphatic carbocycles. The lowest BCUT2D eigenvalue weighted by Gasteiger charge is -2.11. The van der Waals surface area contributed by atoms with E-state index in [-0.39, 0.29) is 12.5 Å². The summed E-state index contributed by atoms with van der Waals surface area (Å²) in [5, 5.41) is 13.5. The molecule has 2 rings (SSSR count). The Bertz CT molecular complexity index is 535. The maximum atomic E-state index is 9.65. The Morgan fingerprint density at radius 2 is 2.00 bits per heavy atom. The third-order valence-electron chi connectivity index (χ3n) is 2.70. The average Bonchev–Trinajstić information content (AvgIpc) is 2.85. The van der Waals surface area contributed by atoms with Crippen LogP contribution in [-0.4, -0.2) is 15.2 Å². The van der Waals surface area contributed by atoms with Crippen LogP contribution in [0.2, 0.25) is 0 Å². The molecule has 0 saturated heterocycles. The van der Waals surface area contributed by atoms with Crippen LogP contribution in [0, 0.1) is 0 Å². The highest BCUT2D eigenvalue weighted by atomic mass is 16.5. The highest BCUT2D eigenvalue weighted by Gasteiger charge is 2.12. The lowest BCUT2D eigenvalue weighted by Crippen LogP contribution is -2.02. The molecule has 5 nitrogen and oxygen atoms in total. The molecular weight excluding hydrogens is 244 g/mol. The molecule has 0 amide bonds. The van der Waals surface area contributed by atoms with Crippen molar-refractivity contribution in [3.8, 4) is 5.75 Å². The first-order valence-corrected chi connectivity index (χ1v) is 6.30. The number of aliphatic hydroxyl groups excluding tert-OH is 1. The minimum absolute atomic E-state index is 0.200. The SMILES string of the molecule is CC(C)c1nc(COc2ccccc2[C@H](C)O)no1. The summed E-state index contributed by atoms with van der Waals surface area (Å²) in [5.41, 5.74) is 0.745. The van der Waals surface area contributed by atoms with Gasteiger partial charge in [-0.3, -0.25) is 0 Å². The molecule has 1 aromatic heterocycles. The topological polar surface area (TPSA) is 68.4 Å². The zero-order valence-corrected chi connectivity index (χ0v) is 11.3. The Morgan fingerprint density at radius 3 is 2.63 bits per heavy atom. The fraction of sp³-hybridized carbons (Fsp3) is 0.429. The van der Waals surface area contributed by atoms with E-state index < -0.39 is 6.10 Å². The van der Waals surface area contributed by atoms with Gasteiger partial charge in [0.25, 0.3) is 0 Å². The minimum Gasteiger partial charge on any atom is -0.485 e. The summed E-state index contributed by atoms with van der Waals surface area (Å²) in [4.78, 5) is 4.23. The highest BCUT2D eigenvalue weighted by molar-refractivity contribution is 5.34. The number of aromatic nitrogens is 2. The molecule has 0 fully saturated rings. The van der Waals surface area contributed by atoms with E-state index in [2.05, 4.69) is 10.1 Å². The number of para-hydroxylation sites is 1. The molecule has 0 aliphatic rings. The Morgan fingerprint density at radius 1 is 1.26 bits per heavy atom. The predicted molar refractivity (Wildman–Crippen MR) is 69.8 cm³/mol. The number of hydrogen-bond acceptors (Lipinski definition) is 5. The third kappa shape index (κ3) is 3.32. The van der Waals surface area contributed by atoms with Gasteiger partial charge in [-0.1, -0.05) is 37.2 Å². The monoisotopic (exact) mass is 262 g/mol. The van der Waals surface area contributed by atoms with Crippen LogP contribution in [0.4, 0.5) is 0 Å². The van der Waals surface area contributed by atoms with E-state index in [4.69, 9.17) is 9.26 Å². The van der Waals surface area contributed by atoms with Gasteiger partial charge in [0.15, 0.2) is 6.61 Å². The molecule has 1 N–H and O–H groups in total. The van der Waals surface area contributed by atoms with Gasteiger partial charge in [-0.05, 0) is 13.0 Å². The van der Waals surface area contributed by atoms with Crippen LogP contribution >= 0.6 is 0 Å². The Hall–Kier alpha value is -1.88. The fourth-order valence-corrected chi connectivity index (χ4v) is 1.66. The second-order valence-electron chi connectivity index (χ2n) is 4.71. The van der Waals surface area contributed by atoms with Crippen molar-refractivity contribution in [2.24, 2.45) is 0 Å². The number of hydrogen-bond donors (Lipinski definition) is 1. The molecule has 1 atom stereocenters. The zero-order valence-electron chi connectivity index (χ0n) is 11.3. The van der Waals surface area contributed by atoms with E-state index in [0.717, 1.165) is 5.56 Å². The van der Waals surface area contributed by atoms with Crippen molar-refractivity contribution in [3.63, 3.8) is 0 Å². The van der Waals surface area contributed by atoms with Crippen molar-refractivity contribution in [1.29, 1.82) is 0 Å². The number of ether oxygens (including phenoxy) is 1. The van der Waals surface area contributed by atoms with E-state index in [1.807, 2.05) is 38.1 Å². The zero-order chi connectivity index (χ0) is 13.8. The summed E-state index contributed by atoms with van der Waals surface area (Å²) in [6, 6.07) is 7.36. The van der Waals surface area contributed by atoms with Gasteiger partial charge in [0.05, 0.1) is 6.10 Å². The van der Waals surface area contributed by atoms with Crippen LogP contribution in [0.25, 0.3) is 0 Å². The summed E-state index contributed by atoms with van der Waals surface area (Å²) in [7, 11) is 0. The quantitative estimate of drug-likeness (QED) is 0.897. The van der Waals surface area contributed by atoms with Gasteiger partial charge in [0.2, 0.25) is 11.7 Å². The highest BCUT2D eigenvalue weighted by Crippen LogP contribution is 2.25.